The van der Waals surface area contributed by atoms with Gasteiger partial charge in [0.1, 0.15) is 23.0 Å². The number of benzene rings is 3. The maximum absolute atomic E-state index is 12.4. The predicted molar refractivity (Wildman–Crippen MR) is 145 cm³/mol. The molecule has 0 bridgehead atoms. The number of methoxy groups -OCH3 is 4. The Bertz CT molecular complexity index is 1490. The van der Waals surface area contributed by atoms with Gasteiger partial charge < -0.3 is 28.8 Å². The van der Waals surface area contributed by atoms with Crippen molar-refractivity contribution in [3.8, 4) is 34.5 Å². The van der Waals surface area contributed by atoms with Crippen molar-refractivity contribution in [1.82, 2.24) is 4.98 Å². The summed E-state index contributed by atoms with van der Waals surface area (Å²) in [5, 5.41) is 10.9. The van der Waals surface area contributed by atoms with Crippen LogP contribution in [0.2, 0.25) is 0 Å². The highest BCUT2D eigenvalue weighted by atomic mass is 16.5. The smallest absolute Gasteiger partial charge is 0.412 e. The minimum absolute atomic E-state index is 0.0762. The second-order valence-electron chi connectivity index (χ2n) is 8.51. The number of hydrogen-bond donors (Lipinski definition) is 1. The molecule has 0 radical (unpaired) electrons. The summed E-state index contributed by atoms with van der Waals surface area (Å²) in [6, 6.07) is 14.2. The molecule has 0 saturated heterocycles. The van der Waals surface area contributed by atoms with Crippen LogP contribution in [0, 0.1) is 13.8 Å². The van der Waals surface area contributed by atoms with Crippen molar-refractivity contribution in [2.45, 2.75) is 20.4 Å². The minimum atomic E-state index is -1.09. The highest BCUT2D eigenvalue weighted by Crippen LogP contribution is 2.39. The van der Waals surface area contributed by atoms with Crippen LogP contribution in [0.5, 0.6) is 34.5 Å². The molecule has 0 spiro atoms. The molecule has 1 amide bonds. The van der Waals surface area contributed by atoms with Crippen molar-refractivity contribution in [1.29, 1.82) is 0 Å². The highest BCUT2D eigenvalue weighted by molar-refractivity contribution is 5.89. The summed E-state index contributed by atoms with van der Waals surface area (Å²) in [5.41, 5.74) is 3.48. The molecule has 0 aliphatic carbocycles. The van der Waals surface area contributed by atoms with Crippen molar-refractivity contribution >= 4 is 22.7 Å². The van der Waals surface area contributed by atoms with Gasteiger partial charge in [-0.1, -0.05) is 0 Å². The topological polar surface area (TPSA) is 99.6 Å². The van der Waals surface area contributed by atoms with E-state index in [-0.39, 0.29) is 6.54 Å². The third-order valence-corrected chi connectivity index (χ3v) is 6.47. The quantitative estimate of drug-likeness (QED) is 0.273. The lowest BCUT2D eigenvalue weighted by Gasteiger charge is -2.24. The average molecular weight is 519 g/mol. The summed E-state index contributed by atoms with van der Waals surface area (Å²) < 4.78 is 27.9. The SMILES string of the molecule is COc1ccc(OC)c(CN(C(=O)O)c2ccc(Oc3ccnc4cc(OC)c(OC)cc34)c(C)c2C)c1. The number of rotatable bonds is 9. The largest absolute Gasteiger partial charge is 0.497 e. The summed E-state index contributed by atoms with van der Waals surface area (Å²) in [7, 11) is 6.25. The normalized spacial score (nSPS) is 10.7. The first-order valence-corrected chi connectivity index (χ1v) is 11.8. The molecule has 0 fully saturated rings. The molecule has 0 atom stereocenters. The third-order valence-electron chi connectivity index (χ3n) is 6.47. The van der Waals surface area contributed by atoms with Crippen molar-refractivity contribution in [2.75, 3.05) is 33.3 Å². The number of pyridine rings is 1. The van der Waals surface area contributed by atoms with E-state index in [4.69, 9.17) is 23.7 Å². The summed E-state index contributed by atoms with van der Waals surface area (Å²) in [6.45, 7) is 3.84. The van der Waals surface area contributed by atoms with Gasteiger partial charge in [0.2, 0.25) is 0 Å². The van der Waals surface area contributed by atoms with Crippen molar-refractivity contribution in [2.24, 2.45) is 0 Å². The molecule has 38 heavy (non-hydrogen) atoms. The number of anilines is 1. The highest BCUT2D eigenvalue weighted by Gasteiger charge is 2.22. The monoisotopic (exact) mass is 518 g/mol. The van der Waals surface area contributed by atoms with Crippen molar-refractivity contribution in [3.05, 3.63) is 71.4 Å². The molecular formula is C29H30N2O7. The fourth-order valence-corrected chi connectivity index (χ4v) is 4.27. The second kappa shape index (κ2) is 11.2. The fraction of sp³-hybridized carbons (Fsp3) is 0.241. The van der Waals surface area contributed by atoms with E-state index in [1.165, 1.54) is 4.90 Å². The Hall–Kier alpha value is -4.66. The van der Waals surface area contributed by atoms with Gasteiger partial charge in [0.05, 0.1) is 46.2 Å². The van der Waals surface area contributed by atoms with Crippen LogP contribution in [-0.2, 0) is 6.54 Å². The lowest BCUT2D eigenvalue weighted by Crippen LogP contribution is -2.29. The Morgan fingerprint density at radius 1 is 0.789 bits per heavy atom. The zero-order chi connectivity index (χ0) is 27.4. The fourth-order valence-electron chi connectivity index (χ4n) is 4.27. The van der Waals surface area contributed by atoms with E-state index in [1.54, 1.807) is 77.1 Å². The number of hydrogen-bond acceptors (Lipinski definition) is 7. The molecule has 4 aromatic rings. The van der Waals surface area contributed by atoms with Gasteiger partial charge in [-0.25, -0.2) is 4.79 Å². The molecule has 0 saturated carbocycles. The maximum atomic E-state index is 12.4. The summed E-state index contributed by atoms with van der Waals surface area (Å²) in [6.07, 6.45) is 0.570. The Morgan fingerprint density at radius 2 is 1.47 bits per heavy atom. The zero-order valence-corrected chi connectivity index (χ0v) is 22.2. The van der Waals surface area contributed by atoms with E-state index in [0.29, 0.717) is 51.3 Å². The molecule has 0 aliphatic heterocycles. The summed E-state index contributed by atoms with van der Waals surface area (Å²) in [5.74, 6) is 3.50. The molecule has 9 nitrogen and oxygen atoms in total. The Balaban J connectivity index is 1.71. The first kappa shape index (κ1) is 26.4. The number of nitrogens with zero attached hydrogens (tertiary/aromatic N) is 2. The van der Waals surface area contributed by atoms with Crippen molar-refractivity contribution < 1.29 is 33.6 Å². The predicted octanol–water partition coefficient (Wildman–Crippen LogP) is 6.36. The third kappa shape index (κ3) is 5.08. The van der Waals surface area contributed by atoms with E-state index in [2.05, 4.69) is 4.98 Å². The molecule has 0 unspecified atom stereocenters. The molecule has 1 aromatic heterocycles. The lowest BCUT2D eigenvalue weighted by atomic mass is 10.0. The van der Waals surface area contributed by atoms with Gasteiger partial charge in [-0.2, -0.15) is 0 Å². The first-order valence-electron chi connectivity index (χ1n) is 11.8. The van der Waals surface area contributed by atoms with Crippen LogP contribution in [-0.4, -0.2) is 44.6 Å². The van der Waals surface area contributed by atoms with Crippen LogP contribution in [0.15, 0.2) is 54.7 Å². The number of aromatic nitrogens is 1. The summed E-state index contributed by atoms with van der Waals surface area (Å²) >= 11 is 0. The van der Waals surface area contributed by atoms with Gasteiger partial charge in [-0.15, -0.1) is 0 Å². The molecule has 0 aliphatic rings. The van der Waals surface area contributed by atoms with E-state index < -0.39 is 6.09 Å². The molecule has 9 heteroatoms. The van der Waals surface area contributed by atoms with Crippen LogP contribution < -0.4 is 28.6 Å². The Kier molecular flexibility index (Phi) is 7.76. The van der Waals surface area contributed by atoms with Crippen LogP contribution in [0.4, 0.5) is 10.5 Å². The van der Waals surface area contributed by atoms with Gasteiger partial charge in [0.15, 0.2) is 11.5 Å². The Labute approximate surface area is 221 Å². The molecular weight excluding hydrogens is 488 g/mol. The van der Waals surface area contributed by atoms with E-state index in [9.17, 15) is 9.90 Å². The van der Waals surface area contributed by atoms with Crippen LogP contribution in [0.3, 0.4) is 0 Å². The minimum Gasteiger partial charge on any atom is -0.497 e. The van der Waals surface area contributed by atoms with Gasteiger partial charge in [-0.3, -0.25) is 9.88 Å². The summed E-state index contributed by atoms with van der Waals surface area (Å²) in [4.78, 5) is 18.1. The number of carboxylic acid groups (broad SMARTS) is 1. The van der Waals surface area contributed by atoms with Crippen LogP contribution in [0.25, 0.3) is 10.9 Å². The van der Waals surface area contributed by atoms with E-state index in [0.717, 1.165) is 16.5 Å². The molecule has 3 aromatic carbocycles. The molecule has 1 heterocycles. The Morgan fingerprint density at radius 3 is 2.13 bits per heavy atom. The number of ether oxygens (including phenoxy) is 5. The number of amides is 1. The van der Waals surface area contributed by atoms with E-state index in [1.807, 2.05) is 19.9 Å². The standard InChI is InChI=1S/C29H30N2O7/c1-17-18(2)24(38-26-11-12-30-22-15-28(37-6)27(36-5)14-21(22)26)10-8-23(17)31(29(32)33)16-19-13-20(34-3)7-9-25(19)35-4/h7-15H,16H2,1-6H3,(H,32,33). The second-order valence-corrected chi connectivity index (χ2v) is 8.51. The first-order chi connectivity index (χ1) is 18.3. The number of carbonyl (C=O) groups is 1. The molecule has 4 rings (SSSR count). The van der Waals surface area contributed by atoms with Gasteiger partial charge >= 0.3 is 6.09 Å². The zero-order valence-electron chi connectivity index (χ0n) is 22.2. The van der Waals surface area contributed by atoms with Crippen LogP contribution in [0.1, 0.15) is 16.7 Å². The van der Waals surface area contributed by atoms with E-state index >= 15 is 0 Å². The average Bonchev–Trinajstić information content (AvgIpc) is 2.93. The molecule has 198 valence electrons. The van der Waals surface area contributed by atoms with Crippen molar-refractivity contribution in [3.63, 3.8) is 0 Å². The van der Waals surface area contributed by atoms with Gasteiger partial charge in [-0.05, 0) is 67.4 Å². The molecule has 1 N–H and O–H groups in total. The number of fused-ring (bicyclic) bond motifs is 1. The lowest BCUT2D eigenvalue weighted by molar-refractivity contribution is 0.201. The van der Waals surface area contributed by atoms with Gasteiger partial charge in [0.25, 0.3) is 0 Å². The maximum Gasteiger partial charge on any atom is 0.412 e. The van der Waals surface area contributed by atoms with Crippen LogP contribution >= 0.6 is 0 Å². The van der Waals surface area contributed by atoms with Gasteiger partial charge in [0, 0.05) is 23.2 Å².